The maximum Gasteiger partial charge on any atom is 0.251 e. The first-order valence-corrected chi connectivity index (χ1v) is 7.48. The van der Waals surface area contributed by atoms with Crippen LogP contribution in [0.3, 0.4) is 0 Å². The van der Waals surface area contributed by atoms with Crippen LogP contribution in [0.15, 0.2) is 65.9 Å². The molecule has 0 spiro atoms. The number of hydrogen-bond acceptors (Lipinski definition) is 4. The molecular weight excluding hydrogens is 304 g/mol. The summed E-state index contributed by atoms with van der Waals surface area (Å²) in [7, 11) is 0. The third-order valence-corrected chi connectivity index (χ3v) is 3.78. The molecule has 0 unspecified atom stereocenters. The quantitative estimate of drug-likeness (QED) is 0.605. The van der Waals surface area contributed by atoms with E-state index in [1.54, 1.807) is 37.2 Å². The van der Waals surface area contributed by atoms with Crippen LogP contribution in [0, 0.1) is 0 Å². The van der Waals surface area contributed by atoms with Crippen molar-refractivity contribution in [1.82, 2.24) is 20.3 Å². The van der Waals surface area contributed by atoms with Crippen molar-refractivity contribution in [2.24, 2.45) is 0 Å². The van der Waals surface area contributed by atoms with Crippen molar-refractivity contribution in [2.75, 3.05) is 0 Å². The third kappa shape index (κ3) is 2.77. The van der Waals surface area contributed by atoms with Crippen LogP contribution in [0.1, 0.15) is 15.9 Å². The van der Waals surface area contributed by atoms with E-state index in [2.05, 4.69) is 20.3 Å². The van der Waals surface area contributed by atoms with Crippen molar-refractivity contribution >= 4 is 16.9 Å². The first kappa shape index (κ1) is 14.2. The summed E-state index contributed by atoms with van der Waals surface area (Å²) < 4.78 is 5.05. The fraction of sp³-hybridized carbons (Fsp3) is 0.0556. The normalized spacial score (nSPS) is 10.8. The van der Waals surface area contributed by atoms with Crippen molar-refractivity contribution in [3.8, 4) is 11.3 Å². The molecule has 0 saturated carbocycles. The summed E-state index contributed by atoms with van der Waals surface area (Å²) in [6.45, 7) is 0.415. The first-order chi connectivity index (χ1) is 11.8. The molecule has 6 nitrogen and oxygen atoms in total. The zero-order chi connectivity index (χ0) is 16.4. The van der Waals surface area contributed by atoms with Gasteiger partial charge in [-0.2, -0.15) is 0 Å². The van der Waals surface area contributed by atoms with Gasteiger partial charge in [-0.05, 0) is 35.9 Å². The highest BCUT2D eigenvalue weighted by molar-refractivity contribution is 5.97. The van der Waals surface area contributed by atoms with Crippen molar-refractivity contribution < 1.29 is 9.21 Å². The molecule has 1 aromatic carbocycles. The highest BCUT2D eigenvalue weighted by Crippen LogP contribution is 2.17. The molecular formula is C18H14N4O2. The summed E-state index contributed by atoms with van der Waals surface area (Å²) in [6, 6.07) is 11.1. The van der Waals surface area contributed by atoms with Crippen LogP contribution in [0.2, 0.25) is 0 Å². The summed E-state index contributed by atoms with van der Waals surface area (Å²) in [5, 5.41) is 2.89. The fourth-order valence-corrected chi connectivity index (χ4v) is 2.47. The minimum absolute atomic E-state index is 0.134. The molecule has 1 amide bonds. The summed E-state index contributed by atoms with van der Waals surface area (Å²) in [4.78, 5) is 23.8. The van der Waals surface area contributed by atoms with Crippen molar-refractivity contribution in [3.05, 3.63) is 72.6 Å². The van der Waals surface area contributed by atoms with Crippen LogP contribution in [-0.4, -0.2) is 20.9 Å². The number of carbonyl (C=O) groups excluding carboxylic acids is 1. The first-order valence-electron chi connectivity index (χ1n) is 7.48. The Bertz CT molecular complexity index is 972. The number of imidazole rings is 1. The van der Waals surface area contributed by atoms with Crippen LogP contribution in [-0.2, 0) is 6.54 Å². The Morgan fingerprint density at radius 1 is 1.17 bits per heavy atom. The van der Waals surface area contributed by atoms with Crippen LogP contribution in [0.4, 0.5) is 0 Å². The zero-order valence-electron chi connectivity index (χ0n) is 12.7. The number of aromatic nitrogens is 3. The number of rotatable bonds is 4. The molecule has 0 saturated heterocycles. The van der Waals surface area contributed by atoms with Gasteiger partial charge < -0.3 is 14.7 Å². The standard InChI is InChI=1S/C18H14N4O2/c23-18(13-2-4-16-17(7-13)22-11-21-16)20-9-12-1-3-15(19-8-12)14-5-6-24-10-14/h1-8,10-11H,9H2,(H,20,23)(H,21,22). The van der Waals surface area contributed by atoms with E-state index in [1.165, 1.54) is 0 Å². The van der Waals surface area contributed by atoms with Gasteiger partial charge in [-0.15, -0.1) is 0 Å². The lowest BCUT2D eigenvalue weighted by Crippen LogP contribution is -2.22. The molecule has 6 heteroatoms. The van der Waals surface area contributed by atoms with E-state index in [1.807, 2.05) is 24.3 Å². The molecule has 0 radical (unpaired) electrons. The Balaban J connectivity index is 1.43. The molecule has 4 rings (SSSR count). The average molecular weight is 318 g/mol. The van der Waals surface area contributed by atoms with E-state index >= 15 is 0 Å². The van der Waals surface area contributed by atoms with Crippen LogP contribution >= 0.6 is 0 Å². The van der Waals surface area contributed by atoms with Gasteiger partial charge in [0.2, 0.25) is 0 Å². The SMILES string of the molecule is O=C(NCc1ccc(-c2ccoc2)nc1)c1ccc2nc[nH]c2c1. The van der Waals surface area contributed by atoms with Crippen molar-refractivity contribution in [2.45, 2.75) is 6.54 Å². The number of aromatic amines is 1. The lowest BCUT2D eigenvalue weighted by atomic mass is 10.1. The van der Waals surface area contributed by atoms with Crippen LogP contribution < -0.4 is 5.32 Å². The van der Waals surface area contributed by atoms with E-state index in [0.29, 0.717) is 12.1 Å². The monoisotopic (exact) mass is 318 g/mol. The van der Waals surface area contributed by atoms with Gasteiger partial charge in [-0.3, -0.25) is 9.78 Å². The second-order valence-electron chi connectivity index (χ2n) is 5.38. The lowest BCUT2D eigenvalue weighted by Gasteiger charge is -2.06. The maximum absolute atomic E-state index is 12.3. The number of H-pyrrole nitrogens is 1. The van der Waals surface area contributed by atoms with Crippen LogP contribution in [0.25, 0.3) is 22.3 Å². The molecule has 0 bridgehead atoms. The molecule has 3 aromatic heterocycles. The predicted octanol–water partition coefficient (Wildman–Crippen LogP) is 3.15. The number of benzene rings is 1. The Hall–Kier alpha value is -3.41. The zero-order valence-corrected chi connectivity index (χ0v) is 12.7. The van der Waals surface area contributed by atoms with Gasteiger partial charge >= 0.3 is 0 Å². The van der Waals surface area contributed by atoms with E-state index in [-0.39, 0.29) is 5.91 Å². The predicted molar refractivity (Wildman–Crippen MR) is 89.2 cm³/mol. The Kier molecular flexibility index (Phi) is 3.55. The number of fused-ring (bicyclic) bond motifs is 1. The largest absolute Gasteiger partial charge is 0.472 e. The molecule has 0 fully saturated rings. The number of amides is 1. The second-order valence-corrected chi connectivity index (χ2v) is 5.38. The van der Waals surface area contributed by atoms with E-state index < -0.39 is 0 Å². The summed E-state index contributed by atoms with van der Waals surface area (Å²) in [6.07, 6.45) is 6.62. The van der Waals surface area contributed by atoms with Gasteiger partial charge in [-0.25, -0.2) is 4.98 Å². The van der Waals surface area contributed by atoms with Crippen molar-refractivity contribution in [1.29, 1.82) is 0 Å². The molecule has 0 aliphatic rings. The van der Waals surface area contributed by atoms with Gasteiger partial charge in [0.15, 0.2) is 0 Å². The number of pyridine rings is 1. The van der Waals surface area contributed by atoms with Gasteiger partial charge in [0.25, 0.3) is 5.91 Å². The Morgan fingerprint density at radius 2 is 2.12 bits per heavy atom. The molecule has 3 heterocycles. The second kappa shape index (κ2) is 6.00. The fourth-order valence-electron chi connectivity index (χ4n) is 2.47. The highest BCUT2D eigenvalue weighted by atomic mass is 16.3. The molecule has 24 heavy (non-hydrogen) atoms. The maximum atomic E-state index is 12.3. The van der Waals surface area contributed by atoms with Crippen molar-refractivity contribution in [3.63, 3.8) is 0 Å². The van der Waals surface area contributed by atoms with Gasteiger partial charge in [0.1, 0.15) is 0 Å². The molecule has 4 aromatic rings. The number of nitrogens with one attached hydrogen (secondary N) is 2. The van der Waals surface area contributed by atoms with Crippen LogP contribution in [0.5, 0.6) is 0 Å². The molecule has 118 valence electrons. The lowest BCUT2D eigenvalue weighted by molar-refractivity contribution is 0.0951. The summed E-state index contributed by atoms with van der Waals surface area (Å²) in [5.41, 5.74) is 4.97. The highest BCUT2D eigenvalue weighted by Gasteiger charge is 2.08. The molecule has 2 N–H and O–H groups in total. The Labute approximate surface area is 137 Å². The van der Waals surface area contributed by atoms with Gasteiger partial charge in [-0.1, -0.05) is 6.07 Å². The number of nitrogens with zero attached hydrogens (tertiary/aromatic N) is 2. The average Bonchev–Trinajstić information content (AvgIpc) is 3.30. The third-order valence-electron chi connectivity index (χ3n) is 3.78. The smallest absolute Gasteiger partial charge is 0.251 e. The minimum Gasteiger partial charge on any atom is -0.472 e. The summed E-state index contributed by atoms with van der Waals surface area (Å²) >= 11 is 0. The number of furan rings is 1. The van der Waals surface area contributed by atoms with E-state index in [9.17, 15) is 4.79 Å². The van der Waals surface area contributed by atoms with Gasteiger partial charge in [0.05, 0.1) is 35.6 Å². The topological polar surface area (TPSA) is 83.8 Å². The molecule has 0 atom stereocenters. The summed E-state index contributed by atoms with van der Waals surface area (Å²) in [5.74, 6) is -0.134. The van der Waals surface area contributed by atoms with E-state index in [0.717, 1.165) is 27.9 Å². The minimum atomic E-state index is -0.134. The Morgan fingerprint density at radius 3 is 2.92 bits per heavy atom. The number of carbonyl (C=O) groups is 1. The van der Waals surface area contributed by atoms with E-state index in [4.69, 9.17) is 4.42 Å². The molecule has 0 aliphatic heterocycles. The number of hydrogen-bond donors (Lipinski definition) is 2. The van der Waals surface area contributed by atoms with Gasteiger partial charge in [0, 0.05) is 23.9 Å². The molecule has 0 aliphatic carbocycles.